The molecule has 0 atom stereocenters. The molecule has 0 saturated heterocycles. The molecule has 1 rings (SSSR count). The van der Waals surface area contributed by atoms with Crippen LogP contribution >= 0.6 is 35.3 Å². The molecular formula is C18H30OS3. The van der Waals surface area contributed by atoms with E-state index in [0.29, 0.717) is 5.75 Å². The van der Waals surface area contributed by atoms with Gasteiger partial charge in [0.25, 0.3) is 0 Å². The predicted octanol–water partition coefficient (Wildman–Crippen LogP) is 7.06. The average molecular weight is 359 g/mol. The summed E-state index contributed by atoms with van der Waals surface area (Å²) in [4.78, 5) is 3.19. The monoisotopic (exact) mass is 358 g/mol. The van der Waals surface area contributed by atoms with Gasteiger partial charge in [0.05, 0.1) is 9.79 Å². The molecule has 1 aromatic carbocycles. The van der Waals surface area contributed by atoms with Gasteiger partial charge in [0, 0.05) is 19.1 Å². The summed E-state index contributed by atoms with van der Waals surface area (Å²) >= 11 is 5.31. The van der Waals surface area contributed by atoms with Gasteiger partial charge < -0.3 is 5.11 Å². The van der Waals surface area contributed by atoms with Gasteiger partial charge >= 0.3 is 0 Å². The minimum absolute atomic E-state index is 0.0756. The van der Waals surface area contributed by atoms with Gasteiger partial charge in [-0.3, -0.25) is 0 Å². The molecule has 1 nitrogen and oxygen atoms in total. The summed E-state index contributed by atoms with van der Waals surface area (Å²) in [7, 11) is 0. The van der Waals surface area contributed by atoms with Crippen LogP contribution in [0.2, 0.25) is 0 Å². The van der Waals surface area contributed by atoms with E-state index < -0.39 is 0 Å². The number of rotatable bonds is 3. The van der Waals surface area contributed by atoms with E-state index in [2.05, 4.69) is 74.4 Å². The largest absolute Gasteiger partial charge is 0.506 e. The zero-order chi connectivity index (χ0) is 17.3. The van der Waals surface area contributed by atoms with Crippen LogP contribution in [0.4, 0.5) is 0 Å². The van der Waals surface area contributed by atoms with Crippen molar-refractivity contribution in [1.82, 2.24) is 0 Å². The number of phenols is 1. The second-order valence-electron chi connectivity index (χ2n) is 8.41. The maximum Gasteiger partial charge on any atom is 0.142 e. The van der Waals surface area contributed by atoms with Crippen LogP contribution in [0.1, 0.15) is 62.3 Å². The molecule has 0 aromatic heterocycles. The first-order valence-corrected chi connectivity index (χ1v) is 10.1. The molecule has 1 N–H and O–H groups in total. The van der Waals surface area contributed by atoms with Gasteiger partial charge in [0.1, 0.15) is 5.75 Å². The van der Waals surface area contributed by atoms with Crippen LogP contribution in [-0.2, 0) is 0 Å². The predicted molar refractivity (Wildman–Crippen MR) is 105 cm³/mol. The highest BCUT2D eigenvalue weighted by Gasteiger charge is 2.23. The van der Waals surface area contributed by atoms with E-state index in [1.54, 1.807) is 23.5 Å². The van der Waals surface area contributed by atoms with Gasteiger partial charge in [-0.2, -0.15) is 0 Å². The molecule has 22 heavy (non-hydrogen) atoms. The smallest absolute Gasteiger partial charge is 0.142 e. The fourth-order valence-electron chi connectivity index (χ4n) is 1.79. The number of benzene rings is 1. The van der Waals surface area contributed by atoms with Crippen molar-refractivity contribution >= 4 is 35.3 Å². The zero-order valence-electron chi connectivity index (χ0n) is 15.3. The Kier molecular flexibility index (Phi) is 6.31. The van der Waals surface area contributed by atoms with Crippen molar-refractivity contribution in [3.05, 3.63) is 12.1 Å². The fraction of sp³-hybridized carbons (Fsp3) is 0.667. The number of hydrogen-bond acceptors (Lipinski definition) is 4. The van der Waals surface area contributed by atoms with Gasteiger partial charge in [-0.05, 0) is 12.1 Å². The third kappa shape index (κ3) is 7.56. The molecule has 0 fully saturated rings. The first-order valence-electron chi connectivity index (χ1n) is 7.60. The molecule has 0 heterocycles. The zero-order valence-corrected chi connectivity index (χ0v) is 17.8. The summed E-state index contributed by atoms with van der Waals surface area (Å²) in [5, 5.41) is 10.7. The van der Waals surface area contributed by atoms with Crippen molar-refractivity contribution in [2.75, 3.05) is 0 Å². The van der Waals surface area contributed by atoms with Crippen molar-refractivity contribution in [3.8, 4) is 5.75 Å². The highest BCUT2D eigenvalue weighted by molar-refractivity contribution is 8.02. The van der Waals surface area contributed by atoms with Crippen LogP contribution < -0.4 is 0 Å². The van der Waals surface area contributed by atoms with Gasteiger partial charge in [-0.25, -0.2) is 0 Å². The lowest BCUT2D eigenvalue weighted by Crippen LogP contribution is -2.09. The molecule has 0 aliphatic rings. The lowest BCUT2D eigenvalue weighted by molar-refractivity contribution is 0.447. The molecule has 0 saturated carbocycles. The van der Waals surface area contributed by atoms with Gasteiger partial charge in [0.15, 0.2) is 0 Å². The summed E-state index contributed by atoms with van der Waals surface area (Å²) < 4.78 is 0.308. The second kappa shape index (κ2) is 6.90. The Hall–Kier alpha value is 0.0700. The first-order chi connectivity index (χ1) is 9.66. The van der Waals surface area contributed by atoms with Crippen LogP contribution in [0.5, 0.6) is 5.75 Å². The third-order valence-electron chi connectivity index (χ3n) is 2.27. The summed E-state index contributed by atoms with van der Waals surface area (Å²) in [6.45, 7) is 19.7. The van der Waals surface area contributed by atoms with Crippen molar-refractivity contribution in [2.24, 2.45) is 0 Å². The number of phenolic OH excluding ortho intramolecular Hbond substituents is 1. The molecule has 126 valence electrons. The van der Waals surface area contributed by atoms with Crippen molar-refractivity contribution in [1.29, 1.82) is 0 Å². The standard InChI is InChI=1S/C18H30OS3/c1-16(2,3)20-12-10-13(21-17(4,5)6)15(19)14(11-12)22-18(7,8)9/h10-11,19H,1-9H3. The molecule has 0 amide bonds. The summed E-state index contributed by atoms with van der Waals surface area (Å²) in [5.74, 6) is 0.429. The van der Waals surface area contributed by atoms with E-state index in [-0.39, 0.29) is 14.2 Å². The Bertz CT molecular complexity index is 480. The van der Waals surface area contributed by atoms with E-state index in [1.807, 2.05) is 11.8 Å². The third-order valence-corrected chi connectivity index (χ3v) is 5.64. The Morgan fingerprint density at radius 2 is 0.955 bits per heavy atom. The maximum absolute atomic E-state index is 10.7. The minimum Gasteiger partial charge on any atom is -0.506 e. The van der Waals surface area contributed by atoms with Crippen molar-refractivity contribution in [3.63, 3.8) is 0 Å². The average Bonchev–Trinajstić information content (AvgIpc) is 2.18. The molecule has 0 bridgehead atoms. The lowest BCUT2D eigenvalue weighted by Gasteiger charge is -2.24. The quantitative estimate of drug-likeness (QED) is 0.583. The number of hydrogen-bond donors (Lipinski definition) is 1. The highest BCUT2D eigenvalue weighted by Crippen LogP contribution is 2.48. The van der Waals surface area contributed by atoms with Crippen molar-refractivity contribution < 1.29 is 5.11 Å². The van der Waals surface area contributed by atoms with Crippen LogP contribution in [-0.4, -0.2) is 19.3 Å². The van der Waals surface area contributed by atoms with E-state index in [1.165, 1.54) is 4.90 Å². The van der Waals surface area contributed by atoms with E-state index in [9.17, 15) is 5.11 Å². The minimum atomic E-state index is 0.0756. The highest BCUT2D eigenvalue weighted by atomic mass is 32.2. The molecule has 0 aliphatic carbocycles. The second-order valence-corrected chi connectivity index (χ2v) is 14.0. The molecule has 0 spiro atoms. The molecule has 0 unspecified atom stereocenters. The van der Waals surface area contributed by atoms with Gasteiger partial charge in [0.2, 0.25) is 0 Å². The topological polar surface area (TPSA) is 20.2 Å². The first kappa shape index (κ1) is 20.1. The normalized spacial score (nSPS) is 13.5. The van der Waals surface area contributed by atoms with Crippen molar-refractivity contribution in [2.45, 2.75) is 91.2 Å². The Labute approximate surface area is 149 Å². The maximum atomic E-state index is 10.7. The van der Waals surface area contributed by atoms with Crippen LogP contribution in [0.25, 0.3) is 0 Å². The van der Waals surface area contributed by atoms with Gasteiger partial charge in [-0.1, -0.05) is 62.3 Å². The summed E-state index contributed by atoms with van der Waals surface area (Å²) in [5.41, 5.74) is 0. The summed E-state index contributed by atoms with van der Waals surface area (Å²) in [6, 6.07) is 4.27. The fourth-order valence-corrected chi connectivity index (χ4v) is 5.17. The van der Waals surface area contributed by atoms with Crippen LogP contribution in [0.3, 0.4) is 0 Å². The van der Waals surface area contributed by atoms with E-state index >= 15 is 0 Å². The van der Waals surface area contributed by atoms with E-state index in [4.69, 9.17) is 0 Å². The Morgan fingerprint density at radius 1 is 0.636 bits per heavy atom. The molecule has 4 heteroatoms. The summed E-state index contributed by atoms with van der Waals surface area (Å²) in [6.07, 6.45) is 0. The number of aromatic hydroxyl groups is 1. The van der Waals surface area contributed by atoms with Gasteiger partial charge in [-0.15, -0.1) is 35.3 Å². The molecular weight excluding hydrogens is 328 g/mol. The van der Waals surface area contributed by atoms with Crippen LogP contribution in [0.15, 0.2) is 26.8 Å². The van der Waals surface area contributed by atoms with E-state index in [0.717, 1.165) is 9.79 Å². The molecule has 1 aromatic rings. The Balaban J connectivity index is 3.30. The van der Waals surface area contributed by atoms with Crippen LogP contribution in [0, 0.1) is 0 Å². The molecule has 0 radical (unpaired) electrons. The lowest BCUT2D eigenvalue weighted by atomic mass is 10.3. The Morgan fingerprint density at radius 3 is 1.23 bits per heavy atom. The SMILES string of the molecule is CC(C)(C)Sc1cc(SC(C)(C)C)c(O)c(SC(C)(C)C)c1. The molecule has 0 aliphatic heterocycles. The number of thioether (sulfide) groups is 3.